The fourth-order valence-corrected chi connectivity index (χ4v) is 1.57. The van der Waals surface area contributed by atoms with Gasteiger partial charge in [0.25, 0.3) is 0 Å². The van der Waals surface area contributed by atoms with Crippen LogP contribution in [0.5, 0.6) is 0 Å². The van der Waals surface area contributed by atoms with Gasteiger partial charge in [0, 0.05) is 24.5 Å². The Morgan fingerprint density at radius 1 is 1.30 bits per heavy atom. The van der Waals surface area contributed by atoms with E-state index in [1.165, 1.54) is 10.4 Å². The molecule has 0 bridgehead atoms. The molecule has 56 valence electrons. The van der Waals surface area contributed by atoms with Gasteiger partial charge in [0.1, 0.15) is 5.82 Å². The highest BCUT2D eigenvalue weighted by Crippen LogP contribution is 2.22. The third-order valence-electron chi connectivity index (χ3n) is 1.56. The molecule has 1 heterocycles. The smallest absolute Gasteiger partial charge is 0.144 e. The van der Waals surface area contributed by atoms with Gasteiger partial charge in [-0.2, -0.15) is 4.37 Å². The van der Waals surface area contributed by atoms with E-state index in [1.54, 1.807) is 11.5 Å². The van der Waals surface area contributed by atoms with Crippen LogP contribution in [0.15, 0.2) is 0 Å². The first kappa shape index (κ1) is 7.54. The van der Waals surface area contributed by atoms with Crippen molar-refractivity contribution >= 4 is 17.4 Å². The lowest BCUT2D eigenvalue weighted by Crippen LogP contribution is -2.09. The molecular weight excluding hydrogens is 144 g/mol. The van der Waals surface area contributed by atoms with E-state index in [0.717, 1.165) is 5.82 Å². The molecule has 0 radical (unpaired) electrons. The second-order valence-electron chi connectivity index (χ2n) is 2.58. The minimum atomic E-state index is 1.10. The van der Waals surface area contributed by atoms with Crippen molar-refractivity contribution < 1.29 is 0 Å². The summed E-state index contributed by atoms with van der Waals surface area (Å²) in [5.74, 6) is 1.10. The Kier molecular flexibility index (Phi) is 1.94. The highest BCUT2D eigenvalue weighted by atomic mass is 32.1. The van der Waals surface area contributed by atoms with Gasteiger partial charge in [-0.25, -0.2) is 0 Å². The maximum Gasteiger partial charge on any atom is 0.144 e. The molecule has 0 aliphatic rings. The second-order valence-corrected chi connectivity index (χ2v) is 3.56. The zero-order valence-corrected chi connectivity index (χ0v) is 7.62. The van der Waals surface area contributed by atoms with Crippen molar-refractivity contribution in [1.29, 1.82) is 0 Å². The van der Waals surface area contributed by atoms with Crippen LogP contribution in [0.1, 0.15) is 10.4 Å². The summed E-state index contributed by atoms with van der Waals surface area (Å²) in [6, 6.07) is 0. The summed E-state index contributed by atoms with van der Waals surface area (Å²) in [5.41, 5.74) is 1.30. The summed E-state index contributed by atoms with van der Waals surface area (Å²) in [4.78, 5) is 3.35. The van der Waals surface area contributed by atoms with E-state index in [4.69, 9.17) is 0 Å². The van der Waals surface area contributed by atoms with Crippen LogP contribution in [0.3, 0.4) is 0 Å². The Balaban J connectivity index is 3.05. The Morgan fingerprint density at radius 3 is 2.10 bits per heavy atom. The van der Waals surface area contributed by atoms with Crippen molar-refractivity contribution in [2.75, 3.05) is 19.0 Å². The molecule has 1 aromatic heterocycles. The summed E-state index contributed by atoms with van der Waals surface area (Å²) in [5, 5.41) is 0. The molecule has 3 heteroatoms. The van der Waals surface area contributed by atoms with Gasteiger partial charge in [0.15, 0.2) is 0 Å². The zero-order valence-electron chi connectivity index (χ0n) is 6.80. The predicted molar refractivity (Wildman–Crippen MR) is 45.9 cm³/mol. The normalized spacial score (nSPS) is 10.0. The fourth-order valence-electron chi connectivity index (χ4n) is 0.823. The van der Waals surface area contributed by atoms with E-state index in [0.29, 0.717) is 0 Å². The lowest BCUT2D eigenvalue weighted by molar-refractivity contribution is 1.08. The molecule has 0 aliphatic carbocycles. The average molecular weight is 156 g/mol. The van der Waals surface area contributed by atoms with Crippen LogP contribution in [0, 0.1) is 13.8 Å². The quantitative estimate of drug-likeness (QED) is 0.616. The molecule has 0 N–H and O–H groups in total. The summed E-state index contributed by atoms with van der Waals surface area (Å²) in [6.07, 6.45) is 0. The predicted octanol–water partition coefficient (Wildman–Crippen LogP) is 1.83. The largest absolute Gasteiger partial charge is 0.362 e. The first-order valence-electron chi connectivity index (χ1n) is 3.23. The maximum atomic E-state index is 4.28. The first-order chi connectivity index (χ1) is 4.63. The SMILES string of the molecule is Cc1snc(N(C)C)c1C. The van der Waals surface area contributed by atoms with Crippen molar-refractivity contribution in [3.63, 3.8) is 0 Å². The van der Waals surface area contributed by atoms with E-state index < -0.39 is 0 Å². The Bertz CT molecular complexity index is 228. The number of hydrogen-bond acceptors (Lipinski definition) is 3. The number of nitrogens with zero attached hydrogens (tertiary/aromatic N) is 2. The van der Waals surface area contributed by atoms with Crippen LogP contribution in [-0.4, -0.2) is 18.5 Å². The van der Waals surface area contributed by atoms with E-state index >= 15 is 0 Å². The van der Waals surface area contributed by atoms with Crippen LogP contribution in [0.2, 0.25) is 0 Å². The van der Waals surface area contributed by atoms with E-state index in [-0.39, 0.29) is 0 Å². The molecule has 1 aromatic rings. The minimum Gasteiger partial charge on any atom is -0.362 e. The molecule has 0 fully saturated rings. The van der Waals surface area contributed by atoms with Gasteiger partial charge in [-0.15, -0.1) is 0 Å². The molecule has 0 spiro atoms. The molecule has 0 aliphatic heterocycles. The highest BCUT2D eigenvalue weighted by Gasteiger charge is 2.05. The van der Waals surface area contributed by atoms with Crippen LogP contribution >= 0.6 is 11.5 Å². The number of hydrogen-bond donors (Lipinski definition) is 0. The summed E-state index contributed by atoms with van der Waals surface area (Å²) in [7, 11) is 4.03. The van der Waals surface area contributed by atoms with Crippen molar-refractivity contribution in [1.82, 2.24) is 4.37 Å². The number of rotatable bonds is 1. The van der Waals surface area contributed by atoms with Crippen LogP contribution < -0.4 is 4.90 Å². The number of aryl methyl sites for hydroxylation is 1. The third kappa shape index (κ3) is 1.14. The second kappa shape index (κ2) is 2.58. The maximum absolute atomic E-state index is 4.28. The van der Waals surface area contributed by atoms with Gasteiger partial charge in [-0.3, -0.25) is 0 Å². The molecule has 0 unspecified atom stereocenters. The van der Waals surface area contributed by atoms with Crippen molar-refractivity contribution in [2.24, 2.45) is 0 Å². The van der Waals surface area contributed by atoms with Gasteiger partial charge in [0.05, 0.1) is 0 Å². The summed E-state index contributed by atoms with van der Waals surface area (Å²) < 4.78 is 4.28. The fraction of sp³-hybridized carbons (Fsp3) is 0.571. The molecular formula is C7H12N2S. The third-order valence-corrected chi connectivity index (χ3v) is 2.40. The Hall–Kier alpha value is -0.570. The van der Waals surface area contributed by atoms with E-state index in [2.05, 4.69) is 18.2 Å². The molecule has 0 amide bonds. The Morgan fingerprint density at radius 2 is 1.90 bits per heavy atom. The van der Waals surface area contributed by atoms with Gasteiger partial charge in [-0.1, -0.05) is 0 Å². The topological polar surface area (TPSA) is 16.1 Å². The Labute approximate surface area is 65.7 Å². The molecule has 2 nitrogen and oxygen atoms in total. The standard InChI is InChI=1S/C7H12N2S/c1-5-6(2)10-8-7(5)9(3)4/h1-4H3. The lowest BCUT2D eigenvalue weighted by Gasteiger charge is -2.08. The van der Waals surface area contributed by atoms with Crippen LogP contribution in [0.25, 0.3) is 0 Å². The van der Waals surface area contributed by atoms with Gasteiger partial charge in [0.2, 0.25) is 0 Å². The molecule has 1 rings (SSSR count). The van der Waals surface area contributed by atoms with Crippen molar-refractivity contribution in [3.8, 4) is 0 Å². The highest BCUT2D eigenvalue weighted by molar-refractivity contribution is 7.06. The minimum absolute atomic E-state index is 1.10. The van der Waals surface area contributed by atoms with E-state index in [9.17, 15) is 0 Å². The monoisotopic (exact) mass is 156 g/mol. The molecule has 0 saturated carbocycles. The average Bonchev–Trinajstić information content (AvgIpc) is 2.14. The first-order valence-corrected chi connectivity index (χ1v) is 4.00. The van der Waals surface area contributed by atoms with Gasteiger partial charge >= 0.3 is 0 Å². The zero-order chi connectivity index (χ0) is 7.72. The van der Waals surface area contributed by atoms with Crippen molar-refractivity contribution in [2.45, 2.75) is 13.8 Å². The van der Waals surface area contributed by atoms with Crippen molar-refractivity contribution in [3.05, 3.63) is 10.4 Å². The van der Waals surface area contributed by atoms with Crippen LogP contribution in [-0.2, 0) is 0 Å². The molecule has 0 saturated heterocycles. The number of anilines is 1. The van der Waals surface area contributed by atoms with Gasteiger partial charge < -0.3 is 4.90 Å². The molecule has 0 atom stereocenters. The summed E-state index contributed by atoms with van der Waals surface area (Å²) in [6.45, 7) is 4.20. The lowest BCUT2D eigenvalue weighted by atomic mass is 10.3. The van der Waals surface area contributed by atoms with Crippen LogP contribution in [0.4, 0.5) is 5.82 Å². The molecule has 0 aromatic carbocycles. The molecule has 10 heavy (non-hydrogen) atoms. The van der Waals surface area contributed by atoms with Gasteiger partial charge in [-0.05, 0) is 25.4 Å². The number of aromatic nitrogens is 1. The van der Waals surface area contributed by atoms with E-state index in [1.807, 2.05) is 19.0 Å². The summed E-state index contributed by atoms with van der Waals surface area (Å²) >= 11 is 1.57.